The molecule has 7 nitrogen and oxygen atoms in total. The first-order chi connectivity index (χ1) is 11.5. The summed E-state index contributed by atoms with van der Waals surface area (Å²) in [6.45, 7) is 6.36. The highest BCUT2D eigenvalue weighted by molar-refractivity contribution is 5.91. The van der Waals surface area contributed by atoms with Crippen LogP contribution in [0.5, 0.6) is 0 Å². The predicted molar refractivity (Wildman–Crippen MR) is 90.6 cm³/mol. The number of aromatic nitrogens is 5. The monoisotopic (exact) mass is 324 g/mol. The van der Waals surface area contributed by atoms with Gasteiger partial charge >= 0.3 is 0 Å². The number of hydrogen-bond acceptors (Lipinski definition) is 4. The number of carbonyl (C=O) groups excluding carboxylic acids is 1. The number of amides is 1. The predicted octanol–water partition coefficient (Wildman–Crippen LogP) is 2.34. The molecule has 0 aliphatic heterocycles. The van der Waals surface area contributed by atoms with Crippen molar-refractivity contribution in [2.24, 2.45) is 0 Å². The number of carbonyl (C=O) groups is 1. The van der Waals surface area contributed by atoms with E-state index < -0.39 is 6.04 Å². The lowest BCUT2D eigenvalue weighted by atomic mass is 10.1. The SMILES string of the molecule is Cc1ccc(Cn2cnc(NC(=O)C(C)n3nccc3C)n2)cc1. The van der Waals surface area contributed by atoms with Crippen LogP contribution in [0.4, 0.5) is 5.95 Å². The normalized spacial score (nSPS) is 12.1. The lowest BCUT2D eigenvalue weighted by Gasteiger charge is -2.12. The standard InChI is InChI=1S/C17H20N6O/c1-12-4-6-15(7-5-12)10-22-11-18-17(21-22)20-16(24)14(3)23-13(2)8-9-19-23/h4-9,11,14H,10H2,1-3H3,(H,20,21,24). The molecule has 2 heterocycles. The third kappa shape index (κ3) is 3.51. The van der Waals surface area contributed by atoms with Crippen LogP contribution >= 0.6 is 0 Å². The number of nitrogens with zero attached hydrogens (tertiary/aromatic N) is 5. The summed E-state index contributed by atoms with van der Waals surface area (Å²) >= 11 is 0. The van der Waals surface area contributed by atoms with Crippen molar-refractivity contribution in [1.29, 1.82) is 0 Å². The zero-order chi connectivity index (χ0) is 17.1. The van der Waals surface area contributed by atoms with Gasteiger partial charge in [-0.25, -0.2) is 9.67 Å². The minimum atomic E-state index is -0.427. The van der Waals surface area contributed by atoms with E-state index in [0.717, 1.165) is 11.3 Å². The number of anilines is 1. The average molecular weight is 324 g/mol. The van der Waals surface area contributed by atoms with Crippen LogP contribution in [0.1, 0.15) is 29.8 Å². The van der Waals surface area contributed by atoms with E-state index in [1.807, 2.05) is 13.0 Å². The van der Waals surface area contributed by atoms with Crippen molar-refractivity contribution >= 4 is 11.9 Å². The first-order valence-electron chi connectivity index (χ1n) is 7.79. The molecule has 0 spiro atoms. The lowest BCUT2D eigenvalue weighted by molar-refractivity contribution is -0.119. The van der Waals surface area contributed by atoms with E-state index in [-0.39, 0.29) is 5.91 Å². The van der Waals surface area contributed by atoms with Gasteiger partial charge in [0.05, 0.1) is 6.54 Å². The zero-order valence-corrected chi connectivity index (χ0v) is 14.0. The van der Waals surface area contributed by atoms with Crippen LogP contribution in [0.2, 0.25) is 0 Å². The Morgan fingerprint density at radius 1 is 1.21 bits per heavy atom. The highest BCUT2D eigenvalue weighted by Crippen LogP contribution is 2.11. The Bertz CT molecular complexity index is 833. The summed E-state index contributed by atoms with van der Waals surface area (Å²) < 4.78 is 3.36. The zero-order valence-electron chi connectivity index (χ0n) is 14.0. The fourth-order valence-electron chi connectivity index (χ4n) is 2.42. The second-order valence-corrected chi connectivity index (χ2v) is 5.83. The number of hydrogen-bond donors (Lipinski definition) is 1. The highest BCUT2D eigenvalue weighted by atomic mass is 16.2. The van der Waals surface area contributed by atoms with Crippen molar-refractivity contribution in [3.63, 3.8) is 0 Å². The van der Waals surface area contributed by atoms with E-state index in [4.69, 9.17) is 0 Å². The second kappa shape index (κ2) is 6.66. The van der Waals surface area contributed by atoms with Gasteiger partial charge in [0, 0.05) is 11.9 Å². The summed E-state index contributed by atoms with van der Waals surface area (Å²) in [4.78, 5) is 16.5. The van der Waals surface area contributed by atoms with Crippen LogP contribution in [0.15, 0.2) is 42.9 Å². The lowest BCUT2D eigenvalue weighted by Crippen LogP contribution is -2.25. The fourth-order valence-corrected chi connectivity index (χ4v) is 2.42. The number of nitrogens with one attached hydrogen (secondary N) is 1. The molecule has 0 saturated heterocycles. The molecule has 2 aromatic heterocycles. The van der Waals surface area contributed by atoms with Gasteiger partial charge in [-0.1, -0.05) is 29.8 Å². The smallest absolute Gasteiger partial charge is 0.251 e. The molecule has 0 fully saturated rings. The van der Waals surface area contributed by atoms with Crippen LogP contribution in [0.3, 0.4) is 0 Å². The molecule has 124 valence electrons. The largest absolute Gasteiger partial charge is 0.291 e. The molecular formula is C17H20N6O. The van der Waals surface area contributed by atoms with Gasteiger partial charge in [0.15, 0.2) is 0 Å². The average Bonchev–Trinajstić information content (AvgIpc) is 3.18. The molecular weight excluding hydrogens is 304 g/mol. The molecule has 1 unspecified atom stereocenters. The summed E-state index contributed by atoms with van der Waals surface area (Å²) in [7, 11) is 0. The van der Waals surface area contributed by atoms with Crippen molar-refractivity contribution in [1.82, 2.24) is 24.5 Å². The summed E-state index contributed by atoms with van der Waals surface area (Å²) in [6, 6.07) is 9.66. The van der Waals surface area contributed by atoms with Crippen LogP contribution in [0.25, 0.3) is 0 Å². The van der Waals surface area contributed by atoms with Crippen molar-refractivity contribution in [3.8, 4) is 0 Å². The molecule has 24 heavy (non-hydrogen) atoms. The van der Waals surface area contributed by atoms with E-state index >= 15 is 0 Å². The first kappa shape index (κ1) is 15.9. The molecule has 0 aliphatic rings. The van der Waals surface area contributed by atoms with Crippen molar-refractivity contribution in [2.75, 3.05) is 5.32 Å². The Labute approximate surface area is 140 Å². The minimum absolute atomic E-state index is 0.199. The highest BCUT2D eigenvalue weighted by Gasteiger charge is 2.18. The minimum Gasteiger partial charge on any atom is -0.291 e. The molecule has 3 rings (SSSR count). The Morgan fingerprint density at radius 2 is 1.96 bits per heavy atom. The maximum Gasteiger partial charge on any atom is 0.251 e. The number of aryl methyl sites for hydroxylation is 2. The second-order valence-electron chi connectivity index (χ2n) is 5.83. The third-order valence-corrected chi connectivity index (χ3v) is 3.85. The number of rotatable bonds is 5. The van der Waals surface area contributed by atoms with E-state index in [0.29, 0.717) is 12.5 Å². The molecule has 7 heteroatoms. The van der Waals surface area contributed by atoms with Crippen molar-refractivity contribution < 1.29 is 4.79 Å². The van der Waals surface area contributed by atoms with Gasteiger partial charge in [-0.2, -0.15) is 5.10 Å². The molecule has 0 radical (unpaired) electrons. The molecule has 0 bridgehead atoms. The first-order valence-corrected chi connectivity index (χ1v) is 7.79. The Balaban J connectivity index is 1.64. The Morgan fingerprint density at radius 3 is 2.62 bits per heavy atom. The van der Waals surface area contributed by atoms with Gasteiger partial charge in [-0.3, -0.25) is 14.8 Å². The quantitative estimate of drug-likeness (QED) is 0.781. The van der Waals surface area contributed by atoms with Crippen LogP contribution in [0, 0.1) is 13.8 Å². The molecule has 0 aliphatic carbocycles. The van der Waals surface area contributed by atoms with Crippen molar-refractivity contribution in [3.05, 3.63) is 59.7 Å². The summed E-state index contributed by atoms with van der Waals surface area (Å²) in [5.41, 5.74) is 3.27. The summed E-state index contributed by atoms with van der Waals surface area (Å²) in [5.74, 6) is 0.0960. The maximum absolute atomic E-state index is 12.3. The molecule has 1 amide bonds. The van der Waals surface area contributed by atoms with Crippen molar-refractivity contribution in [2.45, 2.75) is 33.4 Å². The van der Waals surface area contributed by atoms with E-state index in [2.05, 4.69) is 51.7 Å². The molecule has 1 N–H and O–H groups in total. The van der Waals surface area contributed by atoms with Crippen LogP contribution < -0.4 is 5.32 Å². The van der Waals surface area contributed by atoms with Gasteiger partial charge in [0.2, 0.25) is 5.95 Å². The number of benzene rings is 1. The van der Waals surface area contributed by atoms with Gasteiger partial charge in [0.25, 0.3) is 5.91 Å². The van der Waals surface area contributed by atoms with Gasteiger partial charge in [0.1, 0.15) is 12.4 Å². The molecule has 1 atom stereocenters. The van der Waals surface area contributed by atoms with E-state index in [1.165, 1.54) is 5.56 Å². The van der Waals surface area contributed by atoms with Crippen LogP contribution in [-0.2, 0) is 11.3 Å². The Hall–Kier alpha value is -2.96. The van der Waals surface area contributed by atoms with Gasteiger partial charge in [-0.05, 0) is 32.4 Å². The fraction of sp³-hybridized carbons (Fsp3) is 0.294. The third-order valence-electron chi connectivity index (χ3n) is 3.85. The van der Waals surface area contributed by atoms with Gasteiger partial charge < -0.3 is 0 Å². The van der Waals surface area contributed by atoms with Gasteiger partial charge in [-0.15, -0.1) is 5.10 Å². The topological polar surface area (TPSA) is 77.6 Å². The molecule has 3 aromatic rings. The summed E-state index contributed by atoms with van der Waals surface area (Å²) in [6.07, 6.45) is 3.28. The maximum atomic E-state index is 12.3. The van der Waals surface area contributed by atoms with E-state index in [1.54, 1.807) is 28.8 Å². The summed E-state index contributed by atoms with van der Waals surface area (Å²) in [5, 5.41) is 11.2. The Kier molecular flexibility index (Phi) is 4.41. The van der Waals surface area contributed by atoms with E-state index in [9.17, 15) is 4.79 Å². The van der Waals surface area contributed by atoms with Crippen LogP contribution in [-0.4, -0.2) is 30.5 Å². The molecule has 0 saturated carbocycles. The molecule has 1 aromatic carbocycles.